The quantitative estimate of drug-likeness (QED) is 0.840. The van der Waals surface area contributed by atoms with Crippen molar-refractivity contribution in [2.75, 3.05) is 0 Å². The Balaban J connectivity index is 2.05. The number of pyridine rings is 1. The van der Waals surface area contributed by atoms with Gasteiger partial charge in [-0.1, -0.05) is 0 Å². The van der Waals surface area contributed by atoms with Crippen molar-refractivity contribution in [2.45, 2.75) is 32.2 Å². The molecule has 2 N–H and O–H groups in total. The summed E-state index contributed by atoms with van der Waals surface area (Å²) in [5.74, 6) is 0. The van der Waals surface area contributed by atoms with E-state index < -0.39 is 0 Å². The first kappa shape index (κ1) is 10.9. The van der Waals surface area contributed by atoms with Crippen LogP contribution in [-0.4, -0.2) is 9.97 Å². The fourth-order valence-corrected chi connectivity index (χ4v) is 3.33. The first-order valence-corrected chi connectivity index (χ1v) is 6.74. The average molecular weight is 245 g/mol. The lowest BCUT2D eigenvalue weighted by Crippen LogP contribution is -2.15. The lowest BCUT2D eigenvalue weighted by Gasteiger charge is -2.15. The molecule has 0 amide bonds. The van der Waals surface area contributed by atoms with Gasteiger partial charge in [0.05, 0.1) is 11.4 Å². The van der Waals surface area contributed by atoms with E-state index >= 15 is 0 Å². The van der Waals surface area contributed by atoms with E-state index in [1.54, 1.807) is 11.3 Å². The van der Waals surface area contributed by atoms with Crippen molar-refractivity contribution < 1.29 is 0 Å². The van der Waals surface area contributed by atoms with E-state index in [0.29, 0.717) is 0 Å². The molecule has 2 aromatic rings. The lowest BCUT2D eigenvalue weighted by atomic mass is 9.99. The SMILES string of the molecule is Cc1ccnc(-c2nc3c(s2)C(N)CCC3)c1. The molecule has 1 aliphatic rings. The second-order valence-electron chi connectivity index (χ2n) is 4.55. The molecule has 2 aromatic heterocycles. The molecule has 2 heterocycles. The number of fused-ring (bicyclic) bond motifs is 1. The third-order valence-corrected chi connectivity index (χ3v) is 4.38. The van der Waals surface area contributed by atoms with Crippen LogP contribution in [0.25, 0.3) is 10.7 Å². The van der Waals surface area contributed by atoms with Gasteiger partial charge in [-0.05, 0) is 43.9 Å². The highest BCUT2D eigenvalue weighted by atomic mass is 32.1. The van der Waals surface area contributed by atoms with Crippen LogP contribution >= 0.6 is 11.3 Å². The van der Waals surface area contributed by atoms with Crippen molar-refractivity contribution >= 4 is 11.3 Å². The summed E-state index contributed by atoms with van der Waals surface area (Å²) in [6.07, 6.45) is 5.13. The Morgan fingerprint density at radius 1 is 1.47 bits per heavy atom. The van der Waals surface area contributed by atoms with Gasteiger partial charge in [0.2, 0.25) is 0 Å². The van der Waals surface area contributed by atoms with Gasteiger partial charge in [-0.25, -0.2) is 4.98 Å². The molecular weight excluding hydrogens is 230 g/mol. The highest BCUT2D eigenvalue weighted by Gasteiger charge is 2.22. The van der Waals surface area contributed by atoms with Crippen molar-refractivity contribution in [3.63, 3.8) is 0 Å². The van der Waals surface area contributed by atoms with Crippen molar-refractivity contribution in [1.82, 2.24) is 9.97 Å². The normalized spacial score (nSPS) is 19.1. The lowest BCUT2D eigenvalue weighted by molar-refractivity contribution is 0.573. The standard InChI is InChI=1S/C13H15N3S/c1-8-5-6-15-11(7-8)13-16-10-4-2-3-9(14)12(10)17-13/h5-7,9H,2-4,14H2,1H3. The smallest absolute Gasteiger partial charge is 0.142 e. The van der Waals surface area contributed by atoms with E-state index in [1.165, 1.54) is 16.1 Å². The number of nitrogens with two attached hydrogens (primary N) is 1. The number of hydrogen-bond donors (Lipinski definition) is 1. The van der Waals surface area contributed by atoms with Crippen molar-refractivity contribution in [3.8, 4) is 10.7 Å². The van der Waals surface area contributed by atoms with Crippen molar-refractivity contribution in [1.29, 1.82) is 0 Å². The molecule has 0 aromatic carbocycles. The van der Waals surface area contributed by atoms with E-state index in [4.69, 9.17) is 5.73 Å². The molecule has 88 valence electrons. The predicted molar refractivity (Wildman–Crippen MR) is 69.9 cm³/mol. The molecule has 0 fully saturated rings. The molecule has 1 atom stereocenters. The Kier molecular flexibility index (Phi) is 2.68. The molecule has 1 unspecified atom stereocenters. The van der Waals surface area contributed by atoms with Gasteiger partial charge < -0.3 is 5.73 Å². The van der Waals surface area contributed by atoms with Crippen LogP contribution in [0.3, 0.4) is 0 Å². The number of thiazole rings is 1. The van der Waals surface area contributed by atoms with E-state index in [9.17, 15) is 0 Å². The highest BCUT2D eigenvalue weighted by Crippen LogP contribution is 2.36. The van der Waals surface area contributed by atoms with Gasteiger partial charge in [0.15, 0.2) is 0 Å². The maximum Gasteiger partial charge on any atom is 0.142 e. The van der Waals surface area contributed by atoms with E-state index in [-0.39, 0.29) is 6.04 Å². The summed E-state index contributed by atoms with van der Waals surface area (Å²) in [6.45, 7) is 2.07. The van der Waals surface area contributed by atoms with Crippen LogP contribution in [0.15, 0.2) is 18.3 Å². The van der Waals surface area contributed by atoms with Crippen LogP contribution in [0.2, 0.25) is 0 Å². The zero-order valence-electron chi connectivity index (χ0n) is 9.81. The summed E-state index contributed by atoms with van der Waals surface area (Å²) >= 11 is 1.71. The van der Waals surface area contributed by atoms with Gasteiger partial charge in [0.1, 0.15) is 5.01 Å². The highest BCUT2D eigenvalue weighted by molar-refractivity contribution is 7.15. The molecule has 0 aliphatic heterocycles. The first-order valence-electron chi connectivity index (χ1n) is 5.92. The maximum absolute atomic E-state index is 6.12. The average Bonchev–Trinajstić information content (AvgIpc) is 2.74. The molecule has 17 heavy (non-hydrogen) atoms. The predicted octanol–water partition coefficient (Wildman–Crippen LogP) is 2.85. The number of aryl methyl sites for hydroxylation is 2. The maximum atomic E-state index is 6.12. The summed E-state index contributed by atoms with van der Waals surface area (Å²) in [4.78, 5) is 10.3. The molecule has 3 nitrogen and oxygen atoms in total. The largest absolute Gasteiger partial charge is 0.323 e. The van der Waals surface area contributed by atoms with Gasteiger partial charge in [0.25, 0.3) is 0 Å². The topological polar surface area (TPSA) is 51.8 Å². The minimum atomic E-state index is 0.176. The monoisotopic (exact) mass is 245 g/mol. The van der Waals surface area contributed by atoms with Gasteiger partial charge in [-0.15, -0.1) is 11.3 Å². The van der Waals surface area contributed by atoms with Crippen LogP contribution in [0.5, 0.6) is 0 Å². The van der Waals surface area contributed by atoms with Crippen LogP contribution in [0, 0.1) is 6.92 Å². The molecule has 0 saturated heterocycles. The Bertz CT molecular complexity index is 547. The van der Waals surface area contributed by atoms with Crippen molar-refractivity contribution in [3.05, 3.63) is 34.5 Å². The Morgan fingerprint density at radius 3 is 3.12 bits per heavy atom. The molecule has 1 aliphatic carbocycles. The summed E-state index contributed by atoms with van der Waals surface area (Å²) in [6, 6.07) is 4.26. The van der Waals surface area contributed by atoms with Gasteiger partial charge in [-0.3, -0.25) is 4.98 Å². The molecule has 0 bridgehead atoms. The van der Waals surface area contributed by atoms with E-state index in [1.807, 2.05) is 12.3 Å². The van der Waals surface area contributed by atoms with Crippen LogP contribution in [-0.2, 0) is 6.42 Å². The third kappa shape index (κ3) is 1.98. The number of nitrogens with zero attached hydrogens (tertiary/aromatic N) is 2. The number of hydrogen-bond acceptors (Lipinski definition) is 4. The number of rotatable bonds is 1. The molecule has 4 heteroatoms. The van der Waals surface area contributed by atoms with Crippen LogP contribution in [0.1, 0.15) is 35.0 Å². The second kappa shape index (κ2) is 4.20. The fourth-order valence-electron chi connectivity index (χ4n) is 2.22. The Labute approximate surface area is 105 Å². The van der Waals surface area contributed by atoms with Gasteiger partial charge >= 0.3 is 0 Å². The Hall–Kier alpha value is -1.26. The first-order chi connectivity index (χ1) is 8.24. The van der Waals surface area contributed by atoms with Gasteiger partial charge in [0, 0.05) is 17.1 Å². The van der Waals surface area contributed by atoms with E-state index in [0.717, 1.165) is 30.0 Å². The second-order valence-corrected chi connectivity index (χ2v) is 5.58. The summed E-state index contributed by atoms with van der Waals surface area (Å²) in [5, 5.41) is 1.01. The zero-order valence-corrected chi connectivity index (χ0v) is 10.6. The van der Waals surface area contributed by atoms with Gasteiger partial charge in [-0.2, -0.15) is 0 Å². The van der Waals surface area contributed by atoms with Crippen LogP contribution in [0.4, 0.5) is 0 Å². The van der Waals surface area contributed by atoms with Crippen molar-refractivity contribution in [2.24, 2.45) is 5.73 Å². The molecule has 0 spiro atoms. The molecule has 3 rings (SSSR count). The third-order valence-electron chi connectivity index (χ3n) is 3.13. The minimum Gasteiger partial charge on any atom is -0.323 e. The number of aromatic nitrogens is 2. The van der Waals surface area contributed by atoms with E-state index in [2.05, 4.69) is 23.0 Å². The molecule has 0 saturated carbocycles. The minimum absolute atomic E-state index is 0.176. The summed E-state index contributed by atoms with van der Waals surface area (Å²) in [7, 11) is 0. The van der Waals surface area contributed by atoms with Crippen LogP contribution < -0.4 is 5.73 Å². The molecular formula is C13H15N3S. The summed E-state index contributed by atoms with van der Waals surface area (Å²) < 4.78 is 0. The molecule has 0 radical (unpaired) electrons. The zero-order chi connectivity index (χ0) is 11.8. The summed E-state index contributed by atoms with van der Waals surface area (Å²) in [5.41, 5.74) is 9.49. The fraction of sp³-hybridized carbons (Fsp3) is 0.385. The Morgan fingerprint density at radius 2 is 2.35 bits per heavy atom.